The van der Waals surface area contributed by atoms with Crippen molar-refractivity contribution < 1.29 is 19.1 Å². The molecule has 0 saturated heterocycles. The zero-order valence-corrected chi connectivity index (χ0v) is 12.3. The van der Waals surface area contributed by atoms with Crippen molar-refractivity contribution in [3.05, 3.63) is 23.9 Å². The lowest BCUT2D eigenvalue weighted by Gasteiger charge is -2.27. The Morgan fingerprint density at radius 1 is 1.19 bits per heavy atom. The molecule has 0 amide bonds. The van der Waals surface area contributed by atoms with E-state index in [0.29, 0.717) is 11.4 Å². The van der Waals surface area contributed by atoms with Gasteiger partial charge < -0.3 is 14.8 Å². The first-order valence-corrected chi connectivity index (χ1v) is 7.02. The maximum absolute atomic E-state index is 11.5. The molecule has 1 aromatic rings. The third kappa shape index (κ3) is 3.93. The summed E-state index contributed by atoms with van der Waals surface area (Å²) in [4.78, 5) is 27.2. The van der Waals surface area contributed by atoms with Crippen LogP contribution in [0.1, 0.15) is 36.0 Å². The molecular formula is C15H20N2O4. The van der Waals surface area contributed by atoms with Crippen molar-refractivity contribution in [3.63, 3.8) is 0 Å². The lowest BCUT2D eigenvalue weighted by molar-refractivity contribution is -0.146. The number of esters is 2. The van der Waals surface area contributed by atoms with Gasteiger partial charge in [-0.05, 0) is 37.8 Å². The van der Waals surface area contributed by atoms with Gasteiger partial charge in [0.1, 0.15) is 5.82 Å². The fourth-order valence-electron chi connectivity index (χ4n) is 2.60. The van der Waals surface area contributed by atoms with Crippen LogP contribution in [0.2, 0.25) is 0 Å². The summed E-state index contributed by atoms with van der Waals surface area (Å²) in [5, 5.41) is 3.31. The fourth-order valence-corrected chi connectivity index (χ4v) is 2.60. The normalized spacial score (nSPS) is 21.4. The lowest BCUT2D eigenvalue weighted by atomic mass is 9.86. The number of nitrogens with zero attached hydrogens (tertiary/aromatic N) is 1. The summed E-state index contributed by atoms with van der Waals surface area (Å²) in [5.41, 5.74) is 0.471. The van der Waals surface area contributed by atoms with E-state index >= 15 is 0 Å². The predicted molar refractivity (Wildman–Crippen MR) is 77.0 cm³/mol. The maximum Gasteiger partial charge on any atom is 0.338 e. The van der Waals surface area contributed by atoms with Crippen molar-refractivity contribution in [2.45, 2.75) is 31.7 Å². The Hall–Kier alpha value is -2.11. The quantitative estimate of drug-likeness (QED) is 0.855. The van der Waals surface area contributed by atoms with Gasteiger partial charge in [-0.3, -0.25) is 4.79 Å². The fraction of sp³-hybridized carbons (Fsp3) is 0.533. The first kappa shape index (κ1) is 15.3. The van der Waals surface area contributed by atoms with Crippen LogP contribution in [0.3, 0.4) is 0 Å². The van der Waals surface area contributed by atoms with E-state index in [2.05, 4.69) is 15.0 Å². The molecule has 0 unspecified atom stereocenters. The minimum Gasteiger partial charge on any atom is -0.469 e. The van der Waals surface area contributed by atoms with Gasteiger partial charge in [-0.2, -0.15) is 0 Å². The van der Waals surface area contributed by atoms with Gasteiger partial charge in [-0.1, -0.05) is 0 Å². The van der Waals surface area contributed by atoms with Crippen molar-refractivity contribution in [3.8, 4) is 0 Å². The van der Waals surface area contributed by atoms with Crippen LogP contribution >= 0.6 is 0 Å². The first-order chi connectivity index (χ1) is 10.1. The molecule has 1 aromatic heterocycles. The number of methoxy groups -OCH3 is 2. The van der Waals surface area contributed by atoms with Crippen LogP contribution in [0.25, 0.3) is 0 Å². The number of aromatic nitrogens is 1. The van der Waals surface area contributed by atoms with Gasteiger partial charge in [0.2, 0.25) is 0 Å². The van der Waals surface area contributed by atoms with Crippen LogP contribution in [-0.4, -0.2) is 37.2 Å². The van der Waals surface area contributed by atoms with E-state index in [1.54, 1.807) is 18.3 Å². The summed E-state index contributed by atoms with van der Waals surface area (Å²) < 4.78 is 9.46. The average Bonchev–Trinajstić information content (AvgIpc) is 2.54. The number of anilines is 1. The second-order valence-corrected chi connectivity index (χ2v) is 5.14. The van der Waals surface area contributed by atoms with Crippen LogP contribution in [0.4, 0.5) is 5.82 Å². The smallest absolute Gasteiger partial charge is 0.338 e. The Kier molecular flexibility index (Phi) is 5.14. The molecule has 1 aliphatic carbocycles. The van der Waals surface area contributed by atoms with E-state index in [9.17, 15) is 9.59 Å². The molecule has 0 spiro atoms. The SMILES string of the molecule is COC(=O)c1ccnc(NC2CCC(C(=O)OC)CC2)c1. The summed E-state index contributed by atoms with van der Waals surface area (Å²) in [7, 11) is 2.78. The second-order valence-electron chi connectivity index (χ2n) is 5.14. The summed E-state index contributed by atoms with van der Waals surface area (Å²) in [6, 6.07) is 3.55. The van der Waals surface area contributed by atoms with Crippen LogP contribution < -0.4 is 5.32 Å². The standard InChI is InChI=1S/C15H20N2O4/c1-20-14(18)10-3-5-12(6-4-10)17-13-9-11(7-8-16-13)15(19)21-2/h7-10,12H,3-6H2,1-2H3,(H,16,17). The van der Waals surface area contributed by atoms with Crippen molar-refractivity contribution in [1.29, 1.82) is 0 Å². The Morgan fingerprint density at radius 2 is 1.90 bits per heavy atom. The molecule has 0 radical (unpaired) electrons. The number of pyridine rings is 1. The van der Waals surface area contributed by atoms with Crippen LogP contribution in [0.5, 0.6) is 0 Å². The van der Waals surface area contributed by atoms with Gasteiger partial charge in [0.15, 0.2) is 0 Å². The van der Waals surface area contributed by atoms with Gasteiger partial charge in [0.05, 0.1) is 25.7 Å². The van der Waals surface area contributed by atoms with Crippen molar-refractivity contribution >= 4 is 17.8 Å². The van der Waals surface area contributed by atoms with E-state index in [4.69, 9.17) is 4.74 Å². The van der Waals surface area contributed by atoms with Gasteiger partial charge in [0.25, 0.3) is 0 Å². The highest BCUT2D eigenvalue weighted by atomic mass is 16.5. The van der Waals surface area contributed by atoms with Gasteiger partial charge in [-0.15, -0.1) is 0 Å². The van der Waals surface area contributed by atoms with E-state index in [1.165, 1.54) is 14.2 Å². The molecule has 6 heteroatoms. The molecule has 1 heterocycles. The molecule has 0 bridgehead atoms. The predicted octanol–water partition coefficient (Wildman–Crippen LogP) is 2.01. The minimum absolute atomic E-state index is 0.00223. The van der Waals surface area contributed by atoms with Crippen molar-refractivity contribution in [2.24, 2.45) is 5.92 Å². The minimum atomic E-state index is -0.380. The van der Waals surface area contributed by atoms with Crippen LogP contribution in [0, 0.1) is 5.92 Å². The van der Waals surface area contributed by atoms with E-state index in [0.717, 1.165) is 25.7 Å². The number of carbonyl (C=O) groups is 2. The van der Waals surface area contributed by atoms with Crippen molar-refractivity contribution in [1.82, 2.24) is 4.98 Å². The molecule has 114 valence electrons. The van der Waals surface area contributed by atoms with Crippen LogP contribution in [0.15, 0.2) is 18.3 Å². The molecule has 1 saturated carbocycles. The zero-order chi connectivity index (χ0) is 15.2. The summed E-state index contributed by atoms with van der Waals surface area (Å²) in [6.45, 7) is 0. The molecule has 6 nitrogen and oxygen atoms in total. The van der Waals surface area contributed by atoms with Crippen LogP contribution in [-0.2, 0) is 14.3 Å². The largest absolute Gasteiger partial charge is 0.469 e. The number of rotatable bonds is 4. The zero-order valence-electron chi connectivity index (χ0n) is 12.3. The Balaban J connectivity index is 1.92. The van der Waals surface area contributed by atoms with E-state index in [1.807, 2.05) is 0 Å². The number of hydrogen-bond donors (Lipinski definition) is 1. The molecular weight excluding hydrogens is 272 g/mol. The molecule has 0 aliphatic heterocycles. The van der Waals surface area contributed by atoms with Gasteiger partial charge >= 0.3 is 11.9 Å². The highest BCUT2D eigenvalue weighted by Crippen LogP contribution is 2.27. The highest BCUT2D eigenvalue weighted by molar-refractivity contribution is 5.90. The first-order valence-electron chi connectivity index (χ1n) is 7.02. The van der Waals surface area contributed by atoms with E-state index < -0.39 is 0 Å². The molecule has 1 N–H and O–H groups in total. The van der Waals surface area contributed by atoms with Gasteiger partial charge in [0, 0.05) is 12.2 Å². The van der Waals surface area contributed by atoms with Crippen molar-refractivity contribution in [2.75, 3.05) is 19.5 Å². The molecule has 21 heavy (non-hydrogen) atoms. The summed E-state index contributed by atoms with van der Waals surface area (Å²) in [5.74, 6) is 0.149. The topological polar surface area (TPSA) is 77.5 Å². The highest BCUT2D eigenvalue weighted by Gasteiger charge is 2.27. The number of nitrogens with one attached hydrogen (secondary N) is 1. The second kappa shape index (κ2) is 7.06. The number of hydrogen-bond acceptors (Lipinski definition) is 6. The number of carbonyl (C=O) groups excluding carboxylic acids is 2. The third-order valence-corrected chi connectivity index (χ3v) is 3.79. The maximum atomic E-state index is 11.5. The Morgan fingerprint density at radius 3 is 2.52 bits per heavy atom. The molecule has 2 rings (SSSR count). The van der Waals surface area contributed by atoms with Gasteiger partial charge in [-0.25, -0.2) is 9.78 Å². The molecule has 1 aliphatic rings. The average molecular weight is 292 g/mol. The van der Waals surface area contributed by atoms with E-state index in [-0.39, 0.29) is 23.9 Å². The summed E-state index contributed by atoms with van der Waals surface area (Å²) in [6.07, 6.45) is 4.95. The lowest BCUT2D eigenvalue weighted by Crippen LogP contribution is -2.30. The summed E-state index contributed by atoms with van der Waals surface area (Å²) >= 11 is 0. The molecule has 0 atom stereocenters. The third-order valence-electron chi connectivity index (χ3n) is 3.79. The molecule has 0 aromatic carbocycles. The molecule has 1 fully saturated rings. The number of ether oxygens (including phenoxy) is 2. The Bertz CT molecular complexity index is 510. The monoisotopic (exact) mass is 292 g/mol. The Labute approximate surface area is 123 Å².